The van der Waals surface area contributed by atoms with Crippen LogP contribution in [0.2, 0.25) is 0 Å². The SMILES string of the molecule is C=CCN(C(=O)CNC(=O)c1cccs1)C(C(=O)NC1CCCCC1)c1ccc(F)cc1. The number of carbonyl (C=O) groups is 3. The first-order valence-corrected chi connectivity index (χ1v) is 11.7. The Kier molecular flexibility index (Phi) is 8.56. The first-order chi connectivity index (χ1) is 15.5. The summed E-state index contributed by atoms with van der Waals surface area (Å²) >= 11 is 1.28. The summed E-state index contributed by atoms with van der Waals surface area (Å²) in [5, 5.41) is 7.46. The maximum atomic E-state index is 13.5. The third kappa shape index (κ3) is 6.26. The number of rotatable bonds is 9. The number of amides is 3. The van der Waals surface area contributed by atoms with Crippen LogP contribution in [0.15, 0.2) is 54.4 Å². The first kappa shape index (κ1) is 23.7. The van der Waals surface area contributed by atoms with Gasteiger partial charge in [0.05, 0.1) is 11.4 Å². The minimum Gasteiger partial charge on any atom is -0.351 e. The Morgan fingerprint density at radius 2 is 1.88 bits per heavy atom. The van der Waals surface area contributed by atoms with Gasteiger partial charge in [0.2, 0.25) is 11.8 Å². The number of halogens is 1. The second-order valence-electron chi connectivity index (χ2n) is 7.79. The van der Waals surface area contributed by atoms with Gasteiger partial charge in [-0.05, 0) is 42.0 Å². The summed E-state index contributed by atoms with van der Waals surface area (Å²) < 4.78 is 13.5. The van der Waals surface area contributed by atoms with Crippen molar-refractivity contribution in [1.29, 1.82) is 0 Å². The highest BCUT2D eigenvalue weighted by atomic mass is 32.1. The highest BCUT2D eigenvalue weighted by Gasteiger charge is 2.32. The van der Waals surface area contributed by atoms with Crippen LogP contribution in [0.3, 0.4) is 0 Å². The molecule has 32 heavy (non-hydrogen) atoms. The Hall–Kier alpha value is -3.00. The van der Waals surface area contributed by atoms with Gasteiger partial charge in [0, 0.05) is 12.6 Å². The summed E-state index contributed by atoms with van der Waals surface area (Å²) in [6.07, 6.45) is 6.58. The fourth-order valence-corrected chi connectivity index (χ4v) is 4.53. The van der Waals surface area contributed by atoms with Crippen molar-refractivity contribution in [2.24, 2.45) is 0 Å². The minimum atomic E-state index is -0.957. The van der Waals surface area contributed by atoms with E-state index in [1.54, 1.807) is 17.5 Å². The van der Waals surface area contributed by atoms with Gasteiger partial charge in [0.1, 0.15) is 11.9 Å². The lowest BCUT2D eigenvalue weighted by molar-refractivity contribution is -0.139. The Bertz CT molecular complexity index is 924. The summed E-state index contributed by atoms with van der Waals surface area (Å²) in [5.41, 5.74) is 0.500. The lowest BCUT2D eigenvalue weighted by Gasteiger charge is -2.33. The first-order valence-electron chi connectivity index (χ1n) is 10.8. The van der Waals surface area contributed by atoms with E-state index in [1.807, 2.05) is 0 Å². The minimum absolute atomic E-state index is 0.0541. The Morgan fingerprint density at radius 3 is 2.50 bits per heavy atom. The van der Waals surface area contributed by atoms with Crippen LogP contribution in [0.1, 0.15) is 53.4 Å². The molecule has 1 aliphatic rings. The van der Waals surface area contributed by atoms with Gasteiger partial charge in [-0.3, -0.25) is 14.4 Å². The number of nitrogens with zero attached hydrogens (tertiary/aromatic N) is 1. The molecule has 1 unspecified atom stereocenters. The number of hydrogen-bond donors (Lipinski definition) is 2. The van der Waals surface area contributed by atoms with Crippen LogP contribution in [0.25, 0.3) is 0 Å². The van der Waals surface area contributed by atoms with E-state index in [4.69, 9.17) is 0 Å². The van der Waals surface area contributed by atoms with E-state index in [9.17, 15) is 18.8 Å². The molecule has 0 saturated heterocycles. The van der Waals surface area contributed by atoms with E-state index in [2.05, 4.69) is 17.2 Å². The molecule has 1 atom stereocenters. The average molecular weight is 458 g/mol. The molecule has 0 bridgehead atoms. The van der Waals surface area contributed by atoms with Crippen molar-refractivity contribution >= 4 is 29.1 Å². The zero-order valence-corrected chi connectivity index (χ0v) is 18.7. The predicted octanol–water partition coefficient (Wildman–Crippen LogP) is 3.82. The molecular weight excluding hydrogens is 429 g/mol. The summed E-state index contributed by atoms with van der Waals surface area (Å²) in [6.45, 7) is 3.55. The van der Waals surface area contributed by atoms with Crippen LogP contribution in [0, 0.1) is 5.82 Å². The Balaban J connectivity index is 1.80. The largest absolute Gasteiger partial charge is 0.351 e. The Morgan fingerprint density at radius 1 is 1.16 bits per heavy atom. The second-order valence-corrected chi connectivity index (χ2v) is 8.74. The summed E-state index contributed by atoms with van der Waals surface area (Å²) in [4.78, 5) is 40.5. The molecule has 3 amide bonds. The molecule has 0 aliphatic heterocycles. The van der Waals surface area contributed by atoms with Crippen LogP contribution in [-0.4, -0.2) is 41.8 Å². The van der Waals surface area contributed by atoms with E-state index < -0.39 is 17.8 Å². The van der Waals surface area contributed by atoms with Gasteiger partial charge in [-0.1, -0.05) is 43.5 Å². The highest BCUT2D eigenvalue weighted by molar-refractivity contribution is 7.12. The van der Waals surface area contributed by atoms with Crippen LogP contribution >= 0.6 is 11.3 Å². The van der Waals surface area contributed by atoms with E-state index >= 15 is 0 Å². The summed E-state index contributed by atoms with van der Waals surface area (Å²) in [5.74, 6) is -1.52. The van der Waals surface area contributed by atoms with Crippen LogP contribution < -0.4 is 10.6 Å². The van der Waals surface area contributed by atoms with Gasteiger partial charge in [-0.15, -0.1) is 17.9 Å². The van der Waals surface area contributed by atoms with Gasteiger partial charge in [0.15, 0.2) is 0 Å². The molecule has 1 aliphatic carbocycles. The van der Waals surface area contributed by atoms with Crippen LogP contribution in [-0.2, 0) is 9.59 Å². The maximum Gasteiger partial charge on any atom is 0.261 e. The number of thiophene rings is 1. The van der Waals surface area contributed by atoms with Gasteiger partial charge in [-0.25, -0.2) is 4.39 Å². The van der Waals surface area contributed by atoms with Gasteiger partial charge in [0.25, 0.3) is 5.91 Å². The summed E-state index contributed by atoms with van der Waals surface area (Å²) in [6, 6.07) is 8.08. The molecule has 8 heteroatoms. The zero-order chi connectivity index (χ0) is 22.9. The monoisotopic (exact) mass is 457 g/mol. The van der Waals surface area contributed by atoms with Gasteiger partial charge < -0.3 is 15.5 Å². The van der Waals surface area contributed by atoms with Crippen molar-refractivity contribution < 1.29 is 18.8 Å². The molecule has 170 valence electrons. The lowest BCUT2D eigenvalue weighted by Crippen LogP contribution is -2.49. The molecule has 3 rings (SSSR count). The van der Waals surface area contributed by atoms with Crippen LogP contribution in [0.5, 0.6) is 0 Å². The quantitative estimate of drug-likeness (QED) is 0.562. The fourth-order valence-electron chi connectivity index (χ4n) is 3.89. The third-order valence-corrected chi connectivity index (χ3v) is 6.36. The molecule has 0 radical (unpaired) electrons. The van der Waals surface area contributed by atoms with E-state index in [0.717, 1.165) is 32.1 Å². The van der Waals surface area contributed by atoms with Crippen molar-refractivity contribution in [3.05, 3.63) is 70.7 Å². The molecule has 1 fully saturated rings. The number of nitrogens with one attached hydrogen (secondary N) is 2. The van der Waals surface area contributed by atoms with Crippen molar-refractivity contribution in [3.63, 3.8) is 0 Å². The van der Waals surface area contributed by atoms with E-state index in [0.29, 0.717) is 10.4 Å². The lowest BCUT2D eigenvalue weighted by atomic mass is 9.94. The van der Waals surface area contributed by atoms with E-state index in [1.165, 1.54) is 46.6 Å². The molecular formula is C24H28FN3O3S. The van der Waals surface area contributed by atoms with Crippen molar-refractivity contribution in [3.8, 4) is 0 Å². The topological polar surface area (TPSA) is 78.5 Å². The molecule has 6 nitrogen and oxygen atoms in total. The second kappa shape index (κ2) is 11.6. The highest BCUT2D eigenvalue weighted by Crippen LogP contribution is 2.24. The number of benzene rings is 1. The molecule has 0 spiro atoms. The number of carbonyl (C=O) groups excluding carboxylic acids is 3. The maximum absolute atomic E-state index is 13.5. The Labute approximate surface area is 191 Å². The fraction of sp³-hybridized carbons (Fsp3) is 0.375. The molecule has 1 heterocycles. The standard InChI is InChI=1S/C24H28FN3O3S/c1-2-14-28(21(29)16-26-23(30)20-9-6-15-32-20)22(17-10-12-18(25)13-11-17)24(31)27-19-7-4-3-5-8-19/h2,6,9-13,15,19,22H,1,3-5,7-8,14,16H2,(H,26,30)(H,27,31). The third-order valence-electron chi connectivity index (χ3n) is 5.49. The van der Waals surface area contributed by atoms with Gasteiger partial charge in [-0.2, -0.15) is 0 Å². The normalized spacial score (nSPS) is 14.9. The summed E-state index contributed by atoms with van der Waals surface area (Å²) in [7, 11) is 0. The van der Waals surface area contributed by atoms with Gasteiger partial charge >= 0.3 is 0 Å². The molecule has 2 N–H and O–H groups in total. The predicted molar refractivity (Wildman–Crippen MR) is 123 cm³/mol. The smallest absolute Gasteiger partial charge is 0.261 e. The van der Waals surface area contributed by atoms with Crippen molar-refractivity contribution in [2.45, 2.75) is 44.2 Å². The van der Waals surface area contributed by atoms with E-state index in [-0.39, 0.29) is 30.9 Å². The van der Waals surface area contributed by atoms with Crippen molar-refractivity contribution in [1.82, 2.24) is 15.5 Å². The number of hydrogen-bond acceptors (Lipinski definition) is 4. The van der Waals surface area contributed by atoms with Crippen molar-refractivity contribution in [2.75, 3.05) is 13.1 Å². The zero-order valence-electron chi connectivity index (χ0n) is 17.9. The van der Waals surface area contributed by atoms with Crippen LogP contribution in [0.4, 0.5) is 4.39 Å². The molecule has 1 aromatic heterocycles. The molecule has 1 aromatic carbocycles. The molecule has 2 aromatic rings. The molecule has 1 saturated carbocycles. The average Bonchev–Trinajstić information content (AvgIpc) is 3.34.